The number of rotatable bonds is 3. The summed E-state index contributed by atoms with van der Waals surface area (Å²) in [5, 5.41) is 12.2. The highest BCUT2D eigenvalue weighted by atomic mass is 15.0. The number of hydrogen-bond donors (Lipinski definition) is 2. The summed E-state index contributed by atoms with van der Waals surface area (Å²) in [7, 11) is 0. The van der Waals surface area contributed by atoms with Gasteiger partial charge in [-0.05, 0) is 30.7 Å². The molecule has 2 rings (SSSR count). The van der Waals surface area contributed by atoms with Gasteiger partial charge in [-0.25, -0.2) is 4.98 Å². The molecule has 0 fully saturated rings. The Kier molecular flexibility index (Phi) is 3.44. The number of nitrogens with zero attached hydrogens (tertiary/aromatic N) is 2. The third kappa shape index (κ3) is 2.58. The van der Waals surface area contributed by atoms with Crippen LogP contribution in [0.4, 0.5) is 11.5 Å². The summed E-state index contributed by atoms with van der Waals surface area (Å²) in [5.41, 5.74) is 8.99. The van der Waals surface area contributed by atoms with E-state index in [1.807, 2.05) is 37.3 Å². The predicted molar refractivity (Wildman–Crippen MR) is 71.9 cm³/mol. The zero-order chi connectivity index (χ0) is 13.0. The third-order valence-electron chi connectivity index (χ3n) is 2.66. The van der Waals surface area contributed by atoms with Crippen molar-refractivity contribution in [2.24, 2.45) is 0 Å². The van der Waals surface area contributed by atoms with Crippen LogP contribution in [0.25, 0.3) is 0 Å². The lowest BCUT2D eigenvalue weighted by molar-refractivity contribution is 1.09. The fourth-order valence-corrected chi connectivity index (χ4v) is 1.66. The molecule has 3 N–H and O–H groups in total. The molecule has 90 valence electrons. The van der Waals surface area contributed by atoms with Crippen molar-refractivity contribution in [3.63, 3.8) is 0 Å². The lowest BCUT2D eigenvalue weighted by atomic mass is 10.2. The summed E-state index contributed by atoms with van der Waals surface area (Å²) in [4.78, 5) is 4.31. The van der Waals surface area contributed by atoms with Gasteiger partial charge in [-0.2, -0.15) is 5.26 Å². The zero-order valence-electron chi connectivity index (χ0n) is 10.1. The molecule has 0 bridgehead atoms. The minimum atomic E-state index is 0.537. The summed E-state index contributed by atoms with van der Waals surface area (Å²) >= 11 is 0. The average molecular weight is 238 g/mol. The van der Waals surface area contributed by atoms with E-state index in [4.69, 9.17) is 11.0 Å². The van der Waals surface area contributed by atoms with Gasteiger partial charge in [0.15, 0.2) is 0 Å². The molecule has 0 saturated heterocycles. The maximum absolute atomic E-state index is 9.01. The first kappa shape index (κ1) is 11.9. The number of para-hydroxylation sites is 1. The quantitative estimate of drug-likeness (QED) is 0.805. The summed E-state index contributed by atoms with van der Waals surface area (Å²) in [6.45, 7) is 2.45. The molecule has 0 aliphatic rings. The number of anilines is 2. The topological polar surface area (TPSA) is 74.7 Å². The molecule has 0 spiro atoms. The molecule has 0 amide bonds. The highest BCUT2D eigenvalue weighted by Gasteiger charge is 2.04. The SMILES string of the molecule is Cc1ccc(C#N)c(NCc2ccccc2N)n1. The van der Waals surface area contributed by atoms with Gasteiger partial charge in [-0.3, -0.25) is 0 Å². The Morgan fingerprint density at radius 3 is 2.78 bits per heavy atom. The maximum atomic E-state index is 9.01. The molecule has 1 aromatic carbocycles. The Morgan fingerprint density at radius 2 is 2.06 bits per heavy atom. The van der Waals surface area contributed by atoms with Crippen molar-refractivity contribution < 1.29 is 0 Å². The van der Waals surface area contributed by atoms with Crippen LogP contribution in [0.2, 0.25) is 0 Å². The molecular weight excluding hydrogens is 224 g/mol. The van der Waals surface area contributed by atoms with E-state index in [-0.39, 0.29) is 0 Å². The molecule has 0 unspecified atom stereocenters. The van der Waals surface area contributed by atoms with Crippen molar-refractivity contribution in [2.75, 3.05) is 11.1 Å². The smallest absolute Gasteiger partial charge is 0.144 e. The van der Waals surface area contributed by atoms with E-state index >= 15 is 0 Å². The van der Waals surface area contributed by atoms with E-state index in [2.05, 4.69) is 16.4 Å². The van der Waals surface area contributed by atoms with Crippen LogP contribution in [0.1, 0.15) is 16.8 Å². The number of hydrogen-bond acceptors (Lipinski definition) is 4. The summed E-state index contributed by atoms with van der Waals surface area (Å²) < 4.78 is 0. The van der Waals surface area contributed by atoms with Gasteiger partial charge >= 0.3 is 0 Å². The Morgan fingerprint density at radius 1 is 1.28 bits per heavy atom. The molecule has 4 nitrogen and oxygen atoms in total. The fraction of sp³-hybridized carbons (Fsp3) is 0.143. The normalized spacial score (nSPS) is 9.78. The monoisotopic (exact) mass is 238 g/mol. The molecule has 0 radical (unpaired) electrons. The van der Waals surface area contributed by atoms with Gasteiger partial charge in [0.25, 0.3) is 0 Å². The summed E-state index contributed by atoms with van der Waals surface area (Å²) in [6, 6.07) is 13.3. The first-order chi connectivity index (χ1) is 8.70. The van der Waals surface area contributed by atoms with Gasteiger partial charge in [0.05, 0.1) is 5.56 Å². The van der Waals surface area contributed by atoms with E-state index in [9.17, 15) is 0 Å². The van der Waals surface area contributed by atoms with Crippen molar-refractivity contribution in [1.29, 1.82) is 5.26 Å². The van der Waals surface area contributed by atoms with Crippen molar-refractivity contribution in [2.45, 2.75) is 13.5 Å². The second-order valence-electron chi connectivity index (χ2n) is 4.01. The van der Waals surface area contributed by atoms with Crippen LogP contribution in [0.5, 0.6) is 0 Å². The fourth-order valence-electron chi connectivity index (χ4n) is 1.66. The standard InChI is InChI=1S/C14H14N4/c1-10-6-7-11(8-15)14(18-10)17-9-12-4-2-3-5-13(12)16/h2-7H,9,16H2,1H3,(H,17,18). The van der Waals surface area contributed by atoms with Gasteiger partial charge in [-0.1, -0.05) is 18.2 Å². The van der Waals surface area contributed by atoms with Crippen molar-refractivity contribution >= 4 is 11.5 Å². The number of nitrogens with two attached hydrogens (primary N) is 1. The highest BCUT2D eigenvalue weighted by Crippen LogP contribution is 2.16. The van der Waals surface area contributed by atoms with E-state index in [1.165, 1.54) is 0 Å². The summed E-state index contributed by atoms with van der Waals surface area (Å²) in [6.07, 6.45) is 0. The Hall–Kier alpha value is -2.54. The van der Waals surface area contributed by atoms with Crippen molar-refractivity contribution in [1.82, 2.24) is 4.98 Å². The number of nitrogen functional groups attached to an aromatic ring is 1. The van der Waals surface area contributed by atoms with Gasteiger partial charge in [0.2, 0.25) is 0 Å². The van der Waals surface area contributed by atoms with E-state index in [0.717, 1.165) is 16.9 Å². The number of aryl methyl sites for hydroxylation is 1. The first-order valence-corrected chi connectivity index (χ1v) is 5.65. The largest absolute Gasteiger partial charge is 0.398 e. The van der Waals surface area contributed by atoms with E-state index in [1.54, 1.807) is 6.07 Å². The first-order valence-electron chi connectivity index (χ1n) is 5.65. The predicted octanol–water partition coefficient (Wildman–Crippen LogP) is 2.46. The number of aromatic nitrogens is 1. The number of nitrogens with one attached hydrogen (secondary N) is 1. The van der Waals surface area contributed by atoms with Crippen LogP contribution < -0.4 is 11.1 Å². The lowest BCUT2D eigenvalue weighted by Crippen LogP contribution is -2.06. The van der Waals surface area contributed by atoms with Crippen molar-refractivity contribution in [3.05, 3.63) is 53.2 Å². The van der Waals surface area contributed by atoms with Crippen LogP contribution in [-0.2, 0) is 6.54 Å². The molecule has 4 heteroatoms. The minimum absolute atomic E-state index is 0.537. The van der Waals surface area contributed by atoms with E-state index in [0.29, 0.717) is 17.9 Å². The second-order valence-corrected chi connectivity index (χ2v) is 4.01. The van der Waals surface area contributed by atoms with Crippen molar-refractivity contribution in [3.8, 4) is 6.07 Å². The van der Waals surface area contributed by atoms with Gasteiger partial charge in [0.1, 0.15) is 11.9 Å². The summed E-state index contributed by atoms with van der Waals surface area (Å²) in [5.74, 6) is 0.598. The minimum Gasteiger partial charge on any atom is -0.398 e. The van der Waals surface area contributed by atoms with Gasteiger partial charge in [0, 0.05) is 17.9 Å². The number of pyridine rings is 1. The molecule has 18 heavy (non-hydrogen) atoms. The van der Waals surface area contributed by atoms with Gasteiger partial charge < -0.3 is 11.1 Å². The molecule has 1 heterocycles. The van der Waals surface area contributed by atoms with E-state index < -0.39 is 0 Å². The molecular formula is C14H14N4. The lowest BCUT2D eigenvalue weighted by Gasteiger charge is -2.09. The number of benzene rings is 1. The van der Waals surface area contributed by atoms with Crippen LogP contribution in [0.3, 0.4) is 0 Å². The van der Waals surface area contributed by atoms with Crippen LogP contribution in [0.15, 0.2) is 36.4 Å². The second kappa shape index (κ2) is 5.19. The Bertz CT molecular complexity index is 599. The Balaban J connectivity index is 2.18. The van der Waals surface area contributed by atoms with Crippen LogP contribution >= 0.6 is 0 Å². The van der Waals surface area contributed by atoms with Crippen LogP contribution in [0, 0.1) is 18.3 Å². The maximum Gasteiger partial charge on any atom is 0.144 e. The molecule has 0 atom stereocenters. The number of nitriles is 1. The third-order valence-corrected chi connectivity index (χ3v) is 2.66. The van der Waals surface area contributed by atoms with Crippen LogP contribution in [-0.4, -0.2) is 4.98 Å². The molecule has 2 aromatic rings. The molecule has 0 aliphatic carbocycles. The molecule has 1 aromatic heterocycles. The molecule has 0 saturated carbocycles. The average Bonchev–Trinajstić information content (AvgIpc) is 2.38. The van der Waals surface area contributed by atoms with Gasteiger partial charge in [-0.15, -0.1) is 0 Å². The zero-order valence-corrected chi connectivity index (χ0v) is 10.1. The molecule has 0 aliphatic heterocycles. The highest BCUT2D eigenvalue weighted by molar-refractivity contribution is 5.54. The Labute approximate surface area is 106 Å².